The van der Waals surface area contributed by atoms with Crippen LogP contribution in [0.4, 0.5) is 0 Å². The number of benzene rings is 1. The molecule has 0 N–H and O–H groups in total. The molecule has 5 nitrogen and oxygen atoms in total. The predicted octanol–water partition coefficient (Wildman–Crippen LogP) is 4.48. The van der Waals surface area contributed by atoms with Crippen LogP contribution in [0.15, 0.2) is 24.3 Å². The summed E-state index contributed by atoms with van der Waals surface area (Å²) >= 11 is 0. The van der Waals surface area contributed by atoms with Crippen molar-refractivity contribution in [2.24, 2.45) is 29.1 Å². The van der Waals surface area contributed by atoms with Crippen LogP contribution in [0.5, 0.6) is 5.75 Å². The standard InChI is InChI=1S/C27H34O5/c1-25-14-19(16-3-5-17(29-2)6-4-16)24-18(20(25)7-8-22(25)28)13-23-27(32-23)15-26(10-9-21(24)27)30-11-12-31-26/h3-6,18-21,23-24H,7-15H2,1-2H3/t18-,19+,20-,21+,23-,24+,25-,27-/m0/s1. The van der Waals surface area contributed by atoms with Crippen molar-refractivity contribution in [2.75, 3.05) is 20.3 Å². The van der Waals surface area contributed by atoms with E-state index in [-0.39, 0.29) is 11.0 Å². The number of methoxy groups -OCH3 is 1. The summed E-state index contributed by atoms with van der Waals surface area (Å²) in [6.07, 6.45) is 7.15. The van der Waals surface area contributed by atoms with Gasteiger partial charge in [-0.2, -0.15) is 0 Å². The van der Waals surface area contributed by atoms with E-state index >= 15 is 0 Å². The fraction of sp³-hybridized carbons (Fsp3) is 0.741. The number of hydrogen-bond donors (Lipinski definition) is 0. The number of epoxide rings is 1. The van der Waals surface area contributed by atoms with Crippen LogP contribution in [0.3, 0.4) is 0 Å². The van der Waals surface area contributed by atoms with E-state index in [1.54, 1.807) is 7.11 Å². The van der Waals surface area contributed by atoms with Crippen LogP contribution in [-0.2, 0) is 19.0 Å². The third kappa shape index (κ3) is 2.53. The molecule has 1 aromatic rings. The van der Waals surface area contributed by atoms with Crippen molar-refractivity contribution < 1.29 is 23.7 Å². The van der Waals surface area contributed by atoms with Crippen LogP contribution in [0.1, 0.15) is 63.4 Å². The summed E-state index contributed by atoms with van der Waals surface area (Å²) in [6, 6.07) is 8.65. The summed E-state index contributed by atoms with van der Waals surface area (Å²) in [6.45, 7) is 3.67. The first-order chi connectivity index (χ1) is 15.5. The molecule has 0 radical (unpaired) electrons. The van der Waals surface area contributed by atoms with Gasteiger partial charge in [0.25, 0.3) is 0 Å². The minimum atomic E-state index is -0.416. The topological polar surface area (TPSA) is 57.3 Å². The van der Waals surface area contributed by atoms with E-state index in [9.17, 15) is 4.79 Å². The number of rotatable bonds is 2. The molecule has 0 bridgehead atoms. The molecule has 0 unspecified atom stereocenters. The predicted molar refractivity (Wildman–Crippen MR) is 117 cm³/mol. The Hall–Kier alpha value is -1.43. The molecule has 2 heterocycles. The highest BCUT2D eigenvalue weighted by Gasteiger charge is 2.75. The second kappa shape index (κ2) is 6.58. The van der Waals surface area contributed by atoms with Crippen LogP contribution in [0.2, 0.25) is 0 Å². The fourth-order valence-corrected chi connectivity index (χ4v) is 9.03. The largest absolute Gasteiger partial charge is 0.497 e. The first kappa shape index (κ1) is 20.0. The third-order valence-electron chi connectivity index (χ3n) is 10.4. The molecule has 2 aliphatic heterocycles. The molecule has 2 spiro atoms. The number of Topliss-reactive ketones (excluding diaryl/α,β-unsaturated/α-hetero) is 1. The van der Waals surface area contributed by atoms with Gasteiger partial charge in [0.2, 0.25) is 0 Å². The number of ketones is 1. The molecule has 6 aliphatic rings. The molecular formula is C27H34O5. The molecule has 1 aromatic carbocycles. The van der Waals surface area contributed by atoms with E-state index in [0.29, 0.717) is 54.7 Å². The second-order valence-electron chi connectivity index (χ2n) is 11.5. The van der Waals surface area contributed by atoms with E-state index in [1.807, 2.05) is 0 Å². The fourth-order valence-electron chi connectivity index (χ4n) is 9.03. The van der Waals surface area contributed by atoms with Gasteiger partial charge in [0.05, 0.1) is 26.4 Å². The molecule has 5 heteroatoms. The van der Waals surface area contributed by atoms with E-state index in [4.69, 9.17) is 18.9 Å². The maximum atomic E-state index is 13.1. The van der Waals surface area contributed by atoms with Crippen molar-refractivity contribution in [3.05, 3.63) is 29.8 Å². The minimum Gasteiger partial charge on any atom is -0.497 e. The van der Waals surface area contributed by atoms with E-state index < -0.39 is 5.79 Å². The highest BCUT2D eigenvalue weighted by Crippen LogP contribution is 2.71. The smallest absolute Gasteiger partial charge is 0.171 e. The average Bonchev–Trinajstić information content (AvgIpc) is 3.13. The zero-order valence-corrected chi connectivity index (χ0v) is 19.2. The number of fused-ring (bicyclic) bond motifs is 4. The summed E-state index contributed by atoms with van der Waals surface area (Å²) in [5.74, 6) is 3.51. The monoisotopic (exact) mass is 438 g/mol. The van der Waals surface area contributed by atoms with Crippen LogP contribution in [0.25, 0.3) is 0 Å². The van der Waals surface area contributed by atoms with Gasteiger partial charge in [-0.05, 0) is 73.0 Å². The number of hydrogen-bond acceptors (Lipinski definition) is 5. The lowest BCUT2D eigenvalue weighted by Crippen LogP contribution is -2.57. The Kier molecular flexibility index (Phi) is 4.11. The molecule has 2 saturated heterocycles. The molecule has 8 atom stereocenters. The Morgan fingerprint density at radius 1 is 1.06 bits per heavy atom. The highest BCUT2D eigenvalue weighted by atomic mass is 16.7. The van der Waals surface area contributed by atoms with Crippen LogP contribution < -0.4 is 4.74 Å². The van der Waals surface area contributed by atoms with Crippen LogP contribution in [-0.4, -0.2) is 43.6 Å². The van der Waals surface area contributed by atoms with Gasteiger partial charge in [-0.15, -0.1) is 0 Å². The summed E-state index contributed by atoms with van der Waals surface area (Å²) in [7, 11) is 1.72. The molecule has 4 aliphatic carbocycles. The van der Waals surface area contributed by atoms with Crippen molar-refractivity contribution in [3.8, 4) is 5.75 Å². The Bertz CT molecular complexity index is 936. The van der Waals surface area contributed by atoms with E-state index in [2.05, 4.69) is 31.2 Å². The lowest BCUT2D eigenvalue weighted by molar-refractivity contribution is -0.208. The Morgan fingerprint density at radius 3 is 2.59 bits per heavy atom. The van der Waals surface area contributed by atoms with Crippen molar-refractivity contribution in [2.45, 2.75) is 75.3 Å². The lowest BCUT2D eigenvalue weighted by Gasteiger charge is -2.57. The van der Waals surface area contributed by atoms with Gasteiger partial charge >= 0.3 is 0 Å². The summed E-state index contributed by atoms with van der Waals surface area (Å²) in [5, 5.41) is 0. The molecule has 0 amide bonds. The number of carbonyl (C=O) groups excluding carboxylic acids is 1. The summed E-state index contributed by atoms with van der Waals surface area (Å²) < 4.78 is 24.3. The molecule has 172 valence electrons. The Balaban J connectivity index is 1.29. The molecule has 7 rings (SSSR count). The lowest BCUT2D eigenvalue weighted by atomic mass is 9.46. The van der Waals surface area contributed by atoms with Gasteiger partial charge in [0.15, 0.2) is 5.79 Å². The quantitative estimate of drug-likeness (QED) is 0.637. The zero-order chi connectivity index (χ0) is 21.7. The molecule has 6 fully saturated rings. The Labute approximate surface area is 190 Å². The molecule has 32 heavy (non-hydrogen) atoms. The van der Waals surface area contributed by atoms with Crippen LogP contribution >= 0.6 is 0 Å². The van der Waals surface area contributed by atoms with Crippen LogP contribution in [0, 0.1) is 29.1 Å². The maximum Gasteiger partial charge on any atom is 0.171 e. The molecule has 4 saturated carbocycles. The highest BCUT2D eigenvalue weighted by molar-refractivity contribution is 5.87. The van der Waals surface area contributed by atoms with E-state index in [0.717, 1.165) is 50.7 Å². The van der Waals surface area contributed by atoms with Crippen molar-refractivity contribution in [3.63, 3.8) is 0 Å². The van der Waals surface area contributed by atoms with Gasteiger partial charge in [0.1, 0.15) is 17.1 Å². The minimum absolute atomic E-state index is 0.0785. The van der Waals surface area contributed by atoms with Gasteiger partial charge < -0.3 is 18.9 Å². The van der Waals surface area contributed by atoms with Gasteiger partial charge in [-0.3, -0.25) is 4.79 Å². The maximum absolute atomic E-state index is 13.1. The zero-order valence-electron chi connectivity index (χ0n) is 19.2. The first-order valence-corrected chi connectivity index (χ1v) is 12.6. The average molecular weight is 439 g/mol. The summed E-state index contributed by atoms with van der Waals surface area (Å²) in [4.78, 5) is 13.1. The molecule has 0 aromatic heterocycles. The third-order valence-corrected chi connectivity index (χ3v) is 10.4. The second-order valence-corrected chi connectivity index (χ2v) is 11.5. The van der Waals surface area contributed by atoms with Crippen molar-refractivity contribution >= 4 is 5.78 Å². The van der Waals surface area contributed by atoms with E-state index in [1.165, 1.54) is 5.56 Å². The van der Waals surface area contributed by atoms with Crippen molar-refractivity contribution in [1.29, 1.82) is 0 Å². The molecular weight excluding hydrogens is 404 g/mol. The normalized spacial score (nSPS) is 48.0. The summed E-state index contributed by atoms with van der Waals surface area (Å²) in [5.41, 5.74) is 1.10. The SMILES string of the molecule is COc1ccc([C@H]2C[C@]3(C)C(=O)CC[C@H]3[C@@H]3C[C@@H]4O[C@]45CC4(CC[C@@H]5[C@H]32)OCCO4)cc1. The van der Waals surface area contributed by atoms with Crippen molar-refractivity contribution in [1.82, 2.24) is 0 Å². The first-order valence-electron chi connectivity index (χ1n) is 12.6. The van der Waals surface area contributed by atoms with Gasteiger partial charge in [-0.1, -0.05) is 19.1 Å². The van der Waals surface area contributed by atoms with Gasteiger partial charge in [0, 0.05) is 24.7 Å². The Morgan fingerprint density at radius 2 is 1.84 bits per heavy atom. The van der Waals surface area contributed by atoms with Gasteiger partial charge in [-0.25, -0.2) is 0 Å². The number of carbonyl (C=O) groups is 1. The number of ether oxygens (including phenoxy) is 4.